The molecule has 0 atom stereocenters. The highest BCUT2D eigenvalue weighted by Gasteiger charge is 2.13. The molecule has 0 bridgehead atoms. The summed E-state index contributed by atoms with van der Waals surface area (Å²) in [5.41, 5.74) is 2.17. The van der Waals surface area contributed by atoms with Crippen molar-refractivity contribution in [1.29, 1.82) is 0 Å². The fraction of sp³-hybridized carbons (Fsp3) is 0.391. The summed E-state index contributed by atoms with van der Waals surface area (Å²) in [7, 11) is 3.41. The number of fused-ring (bicyclic) bond motifs is 1. The fourth-order valence-electron chi connectivity index (χ4n) is 2.94. The Kier molecular flexibility index (Phi) is 7.98. The number of amides is 1. The summed E-state index contributed by atoms with van der Waals surface area (Å²) in [4.78, 5) is 17.9. The highest BCUT2D eigenvalue weighted by molar-refractivity contribution is 5.79. The van der Waals surface area contributed by atoms with Crippen LogP contribution in [0.2, 0.25) is 0 Å². The average Bonchev–Trinajstić information content (AvgIpc) is 3.24. The first-order chi connectivity index (χ1) is 15.0. The first kappa shape index (κ1) is 22.3. The molecule has 31 heavy (non-hydrogen) atoms. The molecular weight excluding hydrogens is 396 g/mol. The molecule has 1 amide bonds. The third-order valence-electron chi connectivity index (χ3n) is 4.67. The van der Waals surface area contributed by atoms with E-state index in [4.69, 9.17) is 14.2 Å². The quantitative estimate of drug-likeness (QED) is 0.472. The van der Waals surface area contributed by atoms with E-state index in [1.807, 2.05) is 49.4 Å². The van der Waals surface area contributed by atoms with Gasteiger partial charge in [0.25, 0.3) is 5.91 Å². The Morgan fingerprint density at radius 3 is 2.74 bits per heavy atom. The highest BCUT2D eigenvalue weighted by Crippen LogP contribution is 2.32. The lowest BCUT2D eigenvalue weighted by atomic mass is 10.1. The zero-order valence-corrected chi connectivity index (χ0v) is 18.3. The van der Waals surface area contributed by atoms with E-state index < -0.39 is 0 Å². The molecule has 0 unspecified atom stereocenters. The van der Waals surface area contributed by atoms with Gasteiger partial charge >= 0.3 is 0 Å². The molecule has 1 heterocycles. The molecule has 0 aliphatic carbocycles. The molecule has 3 rings (SSSR count). The van der Waals surface area contributed by atoms with Crippen LogP contribution in [0.15, 0.2) is 47.5 Å². The Hall–Kier alpha value is -3.42. The number of nitrogens with zero attached hydrogens (tertiary/aromatic N) is 2. The summed E-state index contributed by atoms with van der Waals surface area (Å²) < 4.78 is 16.4. The molecule has 0 fully saturated rings. The summed E-state index contributed by atoms with van der Waals surface area (Å²) in [6, 6.07) is 13.6. The highest BCUT2D eigenvalue weighted by atomic mass is 16.7. The second kappa shape index (κ2) is 11.1. The number of nitrogens with one attached hydrogen (secondary N) is 2. The van der Waals surface area contributed by atoms with Crippen molar-refractivity contribution in [3.8, 4) is 17.2 Å². The predicted octanol–water partition coefficient (Wildman–Crippen LogP) is 2.18. The second-order valence-corrected chi connectivity index (χ2v) is 7.28. The molecule has 0 radical (unpaired) electrons. The first-order valence-electron chi connectivity index (χ1n) is 10.4. The number of ether oxygens (including phenoxy) is 3. The van der Waals surface area contributed by atoms with Crippen molar-refractivity contribution in [2.45, 2.75) is 19.9 Å². The molecule has 166 valence electrons. The minimum atomic E-state index is -0.0792. The van der Waals surface area contributed by atoms with Crippen LogP contribution in [0, 0.1) is 0 Å². The molecular formula is C23H30N4O4. The zero-order valence-electron chi connectivity index (χ0n) is 18.3. The molecule has 0 saturated carbocycles. The third kappa shape index (κ3) is 6.80. The van der Waals surface area contributed by atoms with E-state index in [1.165, 1.54) is 10.5 Å². The lowest BCUT2D eigenvalue weighted by molar-refractivity contribution is -0.130. The van der Waals surface area contributed by atoms with Crippen molar-refractivity contribution >= 4 is 11.9 Å². The van der Waals surface area contributed by atoms with Gasteiger partial charge < -0.3 is 29.7 Å². The summed E-state index contributed by atoms with van der Waals surface area (Å²) in [5.74, 6) is 2.92. The second-order valence-electron chi connectivity index (χ2n) is 7.28. The van der Waals surface area contributed by atoms with Gasteiger partial charge in [0.15, 0.2) is 24.1 Å². The van der Waals surface area contributed by atoms with Gasteiger partial charge in [0, 0.05) is 27.2 Å². The van der Waals surface area contributed by atoms with Crippen LogP contribution in [0.3, 0.4) is 0 Å². The number of guanidine groups is 1. The van der Waals surface area contributed by atoms with Crippen LogP contribution in [0.25, 0.3) is 0 Å². The Labute approximate surface area is 183 Å². The van der Waals surface area contributed by atoms with Crippen LogP contribution in [0.1, 0.15) is 18.1 Å². The number of likely N-dealkylation sites (N-methyl/N-ethyl adjacent to an activating group) is 1. The molecule has 1 aliphatic heterocycles. The number of rotatable bonds is 9. The van der Waals surface area contributed by atoms with Crippen LogP contribution in [0.4, 0.5) is 0 Å². The molecule has 2 aromatic carbocycles. The molecule has 2 aromatic rings. The molecule has 0 spiro atoms. The van der Waals surface area contributed by atoms with Crippen molar-refractivity contribution in [3.05, 3.63) is 53.6 Å². The summed E-state index contributed by atoms with van der Waals surface area (Å²) in [5, 5.41) is 6.62. The van der Waals surface area contributed by atoms with Crippen LogP contribution in [-0.4, -0.2) is 57.4 Å². The SMILES string of the molecule is CCNC(=NCc1cccc(OCC(=O)N(C)C)c1)NCCc1ccc2c(c1)OCO2. The smallest absolute Gasteiger partial charge is 0.259 e. The van der Waals surface area contributed by atoms with Crippen LogP contribution in [-0.2, 0) is 17.8 Å². The van der Waals surface area contributed by atoms with Gasteiger partial charge in [0.1, 0.15) is 5.75 Å². The number of carbonyl (C=O) groups is 1. The standard InChI is InChI=1S/C23H30N4O4/c1-4-24-23(25-11-10-17-8-9-20-21(13-17)31-16-30-20)26-14-18-6-5-7-19(12-18)29-15-22(28)27(2)3/h5-9,12-13H,4,10-11,14-16H2,1-3H3,(H2,24,25,26). The zero-order chi connectivity index (χ0) is 22.1. The molecule has 0 aromatic heterocycles. The van der Waals surface area contributed by atoms with Crippen LogP contribution >= 0.6 is 0 Å². The van der Waals surface area contributed by atoms with Gasteiger partial charge in [-0.15, -0.1) is 0 Å². The molecule has 0 saturated heterocycles. The maximum Gasteiger partial charge on any atom is 0.259 e. The van der Waals surface area contributed by atoms with Gasteiger partial charge in [-0.25, -0.2) is 4.99 Å². The number of benzene rings is 2. The molecule has 2 N–H and O–H groups in total. The largest absolute Gasteiger partial charge is 0.484 e. The third-order valence-corrected chi connectivity index (χ3v) is 4.67. The fourth-order valence-corrected chi connectivity index (χ4v) is 2.94. The van der Waals surface area contributed by atoms with E-state index in [-0.39, 0.29) is 19.3 Å². The first-order valence-corrected chi connectivity index (χ1v) is 10.4. The lowest BCUT2D eigenvalue weighted by Crippen LogP contribution is -2.38. The molecule has 1 aliphatic rings. The predicted molar refractivity (Wildman–Crippen MR) is 120 cm³/mol. The number of aliphatic imine (C=N–C) groups is 1. The van der Waals surface area contributed by atoms with Crippen molar-refractivity contribution in [2.24, 2.45) is 4.99 Å². The number of carbonyl (C=O) groups excluding carboxylic acids is 1. The minimum Gasteiger partial charge on any atom is -0.484 e. The summed E-state index contributed by atoms with van der Waals surface area (Å²) >= 11 is 0. The average molecular weight is 427 g/mol. The van der Waals surface area contributed by atoms with E-state index in [0.717, 1.165) is 42.5 Å². The monoisotopic (exact) mass is 426 g/mol. The number of hydrogen-bond acceptors (Lipinski definition) is 5. The topological polar surface area (TPSA) is 84.4 Å². The van der Waals surface area contributed by atoms with Crippen molar-refractivity contribution in [2.75, 3.05) is 40.6 Å². The van der Waals surface area contributed by atoms with E-state index in [2.05, 4.69) is 15.6 Å². The summed E-state index contributed by atoms with van der Waals surface area (Å²) in [6.45, 7) is 4.34. The minimum absolute atomic E-state index is 0.0176. The Morgan fingerprint density at radius 2 is 1.94 bits per heavy atom. The Balaban J connectivity index is 1.52. The summed E-state index contributed by atoms with van der Waals surface area (Å²) in [6.07, 6.45) is 0.838. The van der Waals surface area contributed by atoms with Gasteiger partial charge in [-0.1, -0.05) is 18.2 Å². The van der Waals surface area contributed by atoms with Gasteiger partial charge in [0.05, 0.1) is 6.54 Å². The van der Waals surface area contributed by atoms with E-state index in [1.54, 1.807) is 14.1 Å². The Bertz CT molecular complexity index is 914. The lowest BCUT2D eigenvalue weighted by Gasteiger charge is -2.13. The maximum atomic E-state index is 11.7. The molecule has 8 nitrogen and oxygen atoms in total. The van der Waals surface area contributed by atoms with E-state index in [9.17, 15) is 4.79 Å². The van der Waals surface area contributed by atoms with Gasteiger partial charge in [-0.2, -0.15) is 0 Å². The van der Waals surface area contributed by atoms with E-state index >= 15 is 0 Å². The normalized spacial score (nSPS) is 12.4. The Morgan fingerprint density at radius 1 is 1.10 bits per heavy atom. The van der Waals surface area contributed by atoms with Crippen molar-refractivity contribution in [3.63, 3.8) is 0 Å². The number of hydrogen-bond donors (Lipinski definition) is 2. The van der Waals surface area contributed by atoms with Crippen LogP contribution in [0.5, 0.6) is 17.2 Å². The van der Waals surface area contributed by atoms with E-state index in [0.29, 0.717) is 12.3 Å². The van der Waals surface area contributed by atoms with Crippen molar-refractivity contribution < 1.29 is 19.0 Å². The molecule has 8 heteroatoms. The van der Waals surface area contributed by atoms with Gasteiger partial charge in [0.2, 0.25) is 6.79 Å². The van der Waals surface area contributed by atoms with Crippen LogP contribution < -0.4 is 24.8 Å². The maximum absolute atomic E-state index is 11.7. The van der Waals surface area contributed by atoms with Crippen molar-refractivity contribution in [1.82, 2.24) is 15.5 Å². The van der Waals surface area contributed by atoms with Gasteiger partial charge in [-0.3, -0.25) is 4.79 Å². The van der Waals surface area contributed by atoms with Gasteiger partial charge in [-0.05, 0) is 48.7 Å².